The molecule has 0 saturated carbocycles. The first-order chi connectivity index (χ1) is 3.41. The second-order valence-electron chi connectivity index (χ2n) is 0.311. The second kappa shape index (κ2) is 16.1. The molecule has 0 rings (SSSR count). The maximum absolute atomic E-state index is 4.41. The molecule has 0 saturated heterocycles. The van der Waals surface area contributed by atoms with Gasteiger partial charge < -0.3 is 0 Å². The van der Waals surface area contributed by atoms with Crippen molar-refractivity contribution in [3.63, 3.8) is 0 Å². The molecule has 0 atom stereocenters. The van der Waals surface area contributed by atoms with E-state index in [9.17, 15) is 0 Å². The molecule has 0 aliphatic carbocycles. The van der Waals surface area contributed by atoms with E-state index in [0.717, 1.165) is 15.1 Å². The van der Waals surface area contributed by atoms with E-state index in [1.807, 2.05) is 13.8 Å². The Kier molecular flexibility index (Phi) is 24.0. The van der Waals surface area contributed by atoms with Gasteiger partial charge in [0.2, 0.25) is 0 Å². The molecule has 50 valence electrons. The monoisotopic (exact) mass is 150 g/mol. The van der Waals surface area contributed by atoms with Gasteiger partial charge in [-0.05, 0) is 0 Å². The summed E-state index contributed by atoms with van der Waals surface area (Å²) in [5.74, 6) is 0. The van der Waals surface area contributed by atoms with Crippen LogP contribution in [0.5, 0.6) is 0 Å². The van der Waals surface area contributed by atoms with E-state index in [1.165, 1.54) is 0 Å². The summed E-state index contributed by atoms with van der Waals surface area (Å²) in [6, 6.07) is 0. The summed E-state index contributed by atoms with van der Waals surface area (Å²) < 4.78 is 8.81. The fourth-order valence-electron chi connectivity index (χ4n) is 0.0527. The zero-order valence-corrected chi connectivity index (χ0v) is 6.12. The molecule has 0 aliphatic heterocycles. The Bertz CT molecular complexity index is 17.2. The Hall–Kier alpha value is 0.414. The summed E-state index contributed by atoms with van der Waals surface area (Å²) in [4.78, 5) is 0. The van der Waals surface area contributed by atoms with E-state index in [0.29, 0.717) is 0 Å². The Morgan fingerprint density at radius 1 is 1.00 bits per heavy atom. The standard InChI is InChI=1S/C2H6.2CH3O.Ni/c3*1-2;/h1-2H3;2*1H3;/q;2*-1;+2. The van der Waals surface area contributed by atoms with Gasteiger partial charge in [-0.1, -0.05) is 13.8 Å². The average Bonchev–Trinajstić information content (AvgIpc) is 1.75. The number of hydrogen-bond donors (Lipinski definition) is 0. The Balaban J connectivity index is 0. The van der Waals surface area contributed by atoms with Gasteiger partial charge in [0.15, 0.2) is 0 Å². The molecule has 0 aromatic rings. The first-order valence-electron chi connectivity index (χ1n) is 2.07. The van der Waals surface area contributed by atoms with Crippen LogP contribution in [0.3, 0.4) is 0 Å². The summed E-state index contributed by atoms with van der Waals surface area (Å²) in [5.41, 5.74) is 0. The van der Waals surface area contributed by atoms with E-state index in [2.05, 4.69) is 7.76 Å². The van der Waals surface area contributed by atoms with Crippen LogP contribution in [0.4, 0.5) is 0 Å². The van der Waals surface area contributed by atoms with Crippen molar-refractivity contribution in [2.24, 2.45) is 0 Å². The van der Waals surface area contributed by atoms with Crippen LogP contribution in [-0.4, -0.2) is 14.2 Å². The van der Waals surface area contributed by atoms with Crippen molar-refractivity contribution in [3.05, 3.63) is 0 Å². The third-order valence-corrected chi connectivity index (χ3v) is 0.435. The average molecular weight is 151 g/mol. The summed E-state index contributed by atoms with van der Waals surface area (Å²) in [6.45, 7) is 4.00. The third kappa shape index (κ3) is 21.4. The van der Waals surface area contributed by atoms with Crippen molar-refractivity contribution in [3.8, 4) is 0 Å². The number of hydrogen-bond acceptors (Lipinski definition) is 2. The summed E-state index contributed by atoms with van der Waals surface area (Å²) in [6.07, 6.45) is 0. The predicted molar refractivity (Wildman–Crippen MR) is 25.4 cm³/mol. The van der Waals surface area contributed by atoms with Crippen molar-refractivity contribution in [2.45, 2.75) is 13.8 Å². The van der Waals surface area contributed by atoms with Crippen LogP contribution in [0.15, 0.2) is 0 Å². The van der Waals surface area contributed by atoms with Gasteiger partial charge in [0.05, 0.1) is 0 Å². The topological polar surface area (TPSA) is 18.5 Å². The van der Waals surface area contributed by atoms with Crippen LogP contribution < -0.4 is 0 Å². The minimum atomic E-state index is 0.819. The van der Waals surface area contributed by atoms with Gasteiger partial charge in [0.25, 0.3) is 0 Å². The molecule has 0 heterocycles. The molecule has 0 N–H and O–H groups in total. The molecular formula is C4H12NiO2. The van der Waals surface area contributed by atoms with Gasteiger partial charge in [0.1, 0.15) is 0 Å². The second-order valence-corrected chi connectivity index (χ2v) is 1.28. The van der Waals surface area contributed by atoms with Crippen LogP contribution in [0.1, 0.15) is 13.8 Å². The van der Waals surface area contributed by atoms with Crippen LogP contribution in [-0.2, 0) is 22.8 Å². The summed E-state index contributed by atoms with van der Waals surface area (Å²) in [7, 11) is 3.12. The summed E-state index contributed by atoms with van der Waals surface area (Å²) >= 11 is 0.819. The van der Waals surface area contributed by atoms with E-state index in [1.54, 1.807) is 14.2 Å². The van der Waals surface area contributed by atoms with Crippen molar-refractivity contribution in [1.82, 2.24) is 0 Å². The van der Waals surface area contributed by atoms with E-state index < -0.39 is 0 Å². The first kappa shape index (κ1) is 10.4. The molecule has 0 aromatic carbocycles. The van der Waals surface area contributed by atoms with Gasteiger partial charge in [-0.2, -0.15) is 0 Å². The molecule has 0 amide bonds. The van der Waals surface area contributed by atoms with Crippen molar-refractivity contribution >= 4 is 0 Å². The summed E-state index contributed by atoms with van der Waals surface area (Å²) in [5, 5.41) is 0. The zero-order valence-electron chi connectivity index (χ0n) is 5.13. The Morgan fingerprint density at radius 3 is 1.29 bits per heavy atom. The van der Waals surface area contributed by atoms with Crippen molar-refractivity contribution in [2.75, 3.05) is 14.2 Å². The Labute approximate surface area is 51.6 Å². The van der Waals surface area contributed by atoms with E-state index >= 15 is 0 Å². The third-order valence-electron chi connectivity index (χ3n) is 0.105. The molecule has 0 unspecified atom stereocenters. The molecule has 0 bridgehead atoms. The normalized spacial score (nSPS) is 7.43. The zero-order chi connectivity index (χ0) is 6.12. The van der Waals surface area contributed by atoms with E-state index in [4.69, 9.17) is 0 Å². The fourth-order valence-corrected chi connectivity index (χ4v) is 0.217. The van der Waals surface area contributed by atoms with Crippen LogP contribution in [0.25, 0.3) is 0 Å². The van der Waals surface area contributed by atoms with Gasteiger partial charge in [0, 0.05) is 0 Å². The van der Waals surface area contributed by atoms with Crippen LogP contribution in [0, 0.1) is 0 Å². The van der Waals surface area contributed by atoms with Gasteiger partial charge >= 0.3 is 37.1 Å². The number of rotatable bonds is 2. The quantitative estimate of drug-likeness (QED) is 0.552. The molecule has 3 heteroatoms. The Morgan fingerprint density at radius 2 is 1.29 bits per heavy atom. The molecule has 0 fully saturated rings. The minimum absolute atomic E-state index is 0.819. The fraction of sp³-hybridized carbons (Fsp3) is 1.00. The van der Waals surface area contributed by atoms with Gasteiger partial charge in [-0.3, -0.25) is 0 Å². The van der Waals surface area contributed by atoms with Crippen LogP contribution in [0.2, 0.25) is 0 Å². The van der Waals surface area contributed by atoms with Crippen LogP contribution >= 0.6 is 0 Å². The SMILES string of the molecule is CC.C[O][Ni][O]C. The van der Waals surface area contributed by atoms with Crippen molar-refractivity contribution < 1.29 is 22.8 Å². The van der Waals surface area contributed by atoms with Gasteiger partial charge in [-0.15, -0.1) is 0 Å². The molecule has 0 radical (unpaired) electrons. The molecule has 7 heavy (non-hydrogen) atoms. The maximum atomic E-state index is 4.41. The van der Waals surface area contributed by atoms with Crippen molar-refractivity contribution in [1.29, 1.82) is 0 Å². The molecule has 0 aromatic heterocycles. The van der Waals surface area contributed by atoms with E-state index in [-0.39, 0.29) is 0 Å². The van der Waals surface area contributed by atoms with Gasteiger partial charge in [-0.25, -0.2) is 0 Å². The molecule has 0 aliphatic rings. The molecule has 2 nitrogen and oxygen atoms in total. The molecule has 0 spiro atoms. The molecular weight excluding hydrogens is 139 g/mol. The first-order valence-corrected chi connectivity index (χ1v) is 2.88. The predicted octanol–water partition coefficient (Wildman–Crippen LogP) is 1.22.